The van der Waals surface area contributed by atoms with E-state index in [0.29, 0.717) is 0 Å². The number of nitrogens with one attached hydrogen (secondary N) is 1. The molecular formula is C16H35ClN2O. The van der Waals surface area contributed by atoms with Crippen LogP contribution in [0.5, 0.6) is 0 Å². The quantitative estimate of drug-likeness (QED) is 0.531. The number of hydrogen-bond donors (Lipinski definition) is 2. The Morgan fingerprint density at radius 2 is 1.30 bits per heavy atom. The molecule has 4 heteroatoms. The van der Waals surface area contributed by atoms with Gasteiger partial charge >= 0.3 is 0 Å². The van der Waals surface area contributed by atoms with E-state index in [4.69, 9.17) is 5.73 Å². The maximum absolute atomic E-state index is 11.5. The molecule has 0 unspecified atom stereocenters. The maximum Gasteiger partial charge on any atom is 0.239 e. The van der Waals surface area contributed by atoms with Gasteiger partial charge in [-0.3, -0.25) is 4.79 Å². The van der Waals surface area contributed by atoms with E-state index in [1.165, 1.54) is 57.8 Å². The second-order valence-corrected chi connectivity index (χ2v) is 6.16. The predicted molar refractivity (Wildman–Crippen MR) is 90.4 cm³/mol. The van der Waals surface area contributed by atoms with E-state index in [1.54, 1.807) is 13.8 Å². The Bertz CT molecular complexity index is 227. The number of halogens is 1. The monoisotopic (exact) mass is 306 g/mol. The summed E-state index contributed by atoms with van der Waals surface area (Å²) in [6.07, 6.45) is 13.2. The van der Waals surface area contributed by atoms with Crippen LogP contribution in [0.15, 0.2) is 0 Å². The Balaban J connectivity index is 0. The molecule has 0 aromatic rings. The van der Waals surface area contributed by atoms with E-state index < -0.39 is 5.54 Å². The molecule has 0 saturated heterocycles. The molecule has 122 valence electrons. The molecule has 3 nitrogen and oxygen atoms in total. The highest BCUT2D eigenvalue weighted by molar-refractivity contribution is 5.85. The lowest BCUT2D eigenvalue weighted by atomic mass is 10.1. The van der Waals surface area contributed by atoms with Gasteiger partial charge in [0, 0.05) is 6.54 Å². The summed E-state index contributed by atoms with van der Waals surface area (Å²) in [6.45, 7) is 6.49. The van der Waals surface area contributed by atoms with Crippen molar-refractivity contribution >= 4 is 18.3 Å². The van der Waals surface area contributed by atoms with Crippen molar-refractivity contribution in [1.29, 1.82) is 0 Å². The van der Waals surface area contributed by atoms with Gasteiger partial charge in [0.1, 0.15) is 0 Å². The molecule has 0 bridgehead atoms. The highest BCUT2D eigenvalue weighted by atomic mass is 35.5. The maximum atomic E-state index is 11.5. The Hall–Kier alpha value is -0.280. The van der Waals surface area contributed by atoms with Crippen LogP contribution in [0.2, 0.25) is 0 Å². The minimum atomic E-state index is -0.751. The molecule has 0 aromatic heterocycles. The molecule has 0 spiro atoms. The zero-order chi connectivity index (χ0) is 14.6. The fraction of sp³-hybridized carbons (Fsp3) is 0.938. The normalized spacial score (nSPS) is 11.0. The summed E-state index contributed by atoms with van der Waals surface area (Å²) in [5, 5.41) is 2.88. The van der Waals surface area contributed by atoms with Crippen LogP contribution in [-0.2, 0) is 4.79 Å². The van der Waals surface area contributed by atoms with Gasteiger partial charge in [-0.1, -0.05) is 64.7 Å². The Kier molecular flexibility index (Phi) is 15.1. The van der Waals surface area contributed by atoms with Crippen molar-refractivity contribution in [3.8, 4) is 0 Å². The van der Waals surface area contributed by atoms with Crippen LogP contribution in [0, 0.1) is 0 Å². The van der Waals surface area contributed by atoms with Gasteiger partial charge in [-0.15, -0.1) is 12.4 Å². The third kappa shape index (κ3) is 14.1. The Morgan fingerprint density at radius 3 is 1.70 bits per heavy atom. The molecule has 20 heavy (non-hydrogen) atoms. The van der Waals surface area contributed by atoms with Crippen LogP contribution in [0.25, 0.3) is 0 Å². The molecule has 1 amide bonds. The number of rotatable bonds is 12. The minimum absolute atomic E-state index is 0. The highest BCUT2D eigenvalue weighted by Gasteiger charge is 2.20. The molecule has 0 saturated carbocycles. The summed E-state index contributed by atoms with van der Waals surface area (Å²) in [6, 6.07) is 0. The van der Waals surface area contributed by atoms with Gasteiger partial charge in [-0.05, 0) is 20.3 Å². The van der Waals surface area contributed by atoms with Gasteiger partial charge in [0.05, 0.1) is 5.54 Å². The van der Waals surface area contributed by atoms with Gasteiger partial charge in [-0.25, -0.2) is 0 Å². The van der Waals surface area contributed by atoms with Crippen molar-refractivity contribution < 1.29 is 4.79 Å². The standard InChI is InChI=1S/C16H34N2O.ClH/c1-4-5-6-7-8-9-10-11-12-13-14-18-15(19)16(2,3)17;/h4-14,17H2,1-3H3,(H,18,19);1H. The molecule has 0 aliphatic carbocycles. The molecule has 0 aromatic carbocycles. The molecule has 0 heterocycles. The molecule has 0 atom stereocenters. The first-order valence-electron chi connectivity index (χ1n) is 8.05. The summed E-state index contributed by atoms with van der Waals surface area (Å²) in [5.74, 6) is -0.0524. The van der Waals surface area contributed by atoms with Crippen LogP contribution >= 0.6 is 12.4 Å². The first-order chi connectivity index (χ1) is 8.98. The van der Waals surface area contributed by atoms with E-state index in [2.05, 4.69) is 12.2 Å². The van der Waals surface area contributed by atoms with E-state index in [9.17, 15) is 4.79 Å². The Labute approximate surface area is 131 Å². The fourth-order valence-electron chi connectivity index (χ4n) is 2.04. The van der Waals surface area contributed by atoms with Crippen molar-refractivity contribution in [2.24, 2.45) is 5.73 Å². The lowest BCUT2D eigenvalue weighted by Gasteiger charge is -2.17. The topological polar surface area (TPSA) is 55.1 Å². The average molecular weight is 307 g/mol. The number of unbranched alkanes of at least 4 members (excludes halogenated alkanes) is 9. The zero-order valence-electron chi connectivity index (χ0n) is 13.7. The van der Waals surface area contributed by atoms with Crippen molar-refractivity contribution in [2.75, 3.05) is 6.54 Å². The Morgan fingerprint density at radius 1 is 0.900 bits per heavy atom. The van der Waals surface area contributed by atoms with E-state index >= 15 is 0 Å². The zero-order valence-corrected chi connectivity index (χ0v) is 14.5. The first kappa shape index (κ1) is 22.0. The SMILES string of the molecule is CCCCCCCCCCCCNC(=O)C(C)(C)N.Cl. The fourth-order valence-corrected chi connectivity index (χ4v) is 2.04. The van der Waals surface area contributed by atoms with Crippen molar-refractivity contribution in [2.45, 2.75) is 90.5 Å². The molecule has 3 N–H and O–H groups in total. The second-order valence-electron chi connectivity index (χ2n) is 6.16. The van der Waals surface area contributed by atoms with E-state index in [0.717, 1.165) is 13.0 Å². The van der Waals surface area contributed by atoms with Crippen LogP contribution < -0.4 is 11.1 Å². The summed E-state index contributed by atoms with van der Waals surface area (Å²) in [7, 11) is 0. The minimum Gasteiger partial charge on any atom is -0.355 e. The molecule has 0 aliphatic rings. The van der Waals surface area contributed by atoms with Gasteiger partial charge in [0.25, 0.3) is 0 Å². The van der Waals surface area contributed by atoms with Crippen LogP contribution in [0.3, 0.4) is 0 Å². The molecule has 0 radical (unpaired) electrons. The number of carbonyl (C=O) groups excluding carboxylic acids is 1. The van der Waals surface area contributed by atoms with Crippen molar-refractivity contribution in [3.63, 3.8) is 0 Å². The highest BCUT2D eigenvalue weighted by Crippen LogP contribution is 2.10. The van der Waals surface area contributed by atoms with E-state index in [-0.39, 0.29) is 18.3 Å². The number of carbonyl (C=O) groups is 1. The summed E-state index contributed by atoms with van der Waals surface area (Å²) in [4.78, 5) is 11.5. The summed E-state index contributed by atoms with van der Waals surface area (Å²) in [5.41, 5.74) is 4.95. The third-order valence-corrected chi connectivity index (χ3v) is 3.40. The van der Waals surface area contributed by atoms with Gasteiger partial charge in [0.15, 0.2) is 0 Å². The third-order valence-electron chi connectivity index (χ3n) is 3.40. The van der Waals surface area contributed by atoms with Crippen LogP contribution in [0.1, 0.15) is 85.0 Å². The van der Waals surface area contributed by atoms with Crippen LogP contribution in [-0.4, -0.2) is 18.0 Å². The molecule has 0 rings (SSSR count). The van der Waals surface area contributed by atoms with Gasteiger partial charge < -0.3 is 11.1 Å². The largest absolute Gasteiger partial charge is 0.355 e. The first-order valence-corrected chi connectivity index (χ1v) is 8.05. The summed E-state index contributed by atoms with van der Waals surface area (Å²) >= 11 is 0. The smallest absolute Gasteiger partial charge is 0.239 e. The lowest BCUT2D eigenvalue weighted by Crippen LogP contribution is -2.49. The predicted octanol–water partition coefficient (Wildman–Crippen LogP) is 4.18. The van der Waals surface area contributed by atoms with Crippen LogP contribution in [0.4, 0.5) is 0 Å². The number of nitrogens with two attached hydrogens (primary N) is 1. The molecule has 0 aliphatic heterocycles. The van der Waals surface area contributed by atoms with Crippen molar-refractivity contribution in [3.05, 3.63) is 0 Å². The molecular weight excluding hydrogens is 272 g/mol. The lowest BCUT2D eigenvalue weighted by molar-refractivity contribution is -0.125. The number of hydrogen-bond acceptors (Lipinski definition) is 2. The van der Waals surface area contributed by atoms with E-state index in [1.807, 2.05) is 0 Å². The van der Waals surface area contributed by atoms with Gasteiger partial charge in [-0.2, -0.15) is 0 Å². The molecule has 0 fully saturated rings. The average Bonchev–Trinajstić information content (AvgIpc) is 2.34. The van der Waals surface area contributed by atoms with Gasteiger partial charge in [0.2, 0.25) is 5.91 Å². The summed E-state index contributed by atoms with van der Waals surface area (Å²) < 4.78 is 0. The van der Waals surface area contributed by atoms with Crippen molar-refractivity contribution in [1.82, 2.24) is 5.32 Å². The second kappa shape index (κ2) is 13.7. The number of amides is 1.